The Morgan fingerprint density at radius 3 is 2.91 bits per heavy atom. The molecule has 0 bridgehead atoms. The summed E-state index contributed by atoms with van der Waals surface area (Å²) in [4.78, 5) is 26.6. The van der Waals surface area contributed by atoms with Crippen LogP contribution in [0, 0.1) is 5.92 Å². The second-order valence-corrected chi connectivity index (χ2v) is 5.80. The maximum absolute atomic E-state index is 12.4. The summed E-state index contributed by atoms with van der Waals surface area (Å²) in [5.74, 6) is 0.216. The van der Waals surface area contributed by atoms with Crippen LogP contribution in [-0.2, 0) is 11.3 Å². The highest BCUT2D eigenvalue weighted by molar-refractivity contribution is 5.78. The van der Waals surface area contributed by atoms with Gasteiger partial charge >= 0.3 is 0 Å². The topological polar surface area (TPSA) is 94.1 Å². The van der Waals surface area contributed by atoms with E-state index in [0.717, 1.165) is 11.1 Å². The van der Waals surface area contributed by atoms with Crippen molar-refractivity contribution in [1.29, 1.82) is 0 Å². The zero-order valence-corrected chi connectivity index (χ0v) is 12.5. The molecule has 1 aromatic heterocycles. The largest absolute Gasteiger partial charge is 0.338 e. The second-order valence-electron chi connectivity index (χ2n) is 5.80. The van der Waals surface area contributed by atoms with Gasteiger partial charge in [0, 0.05) is 12.6 Å². The monoisotopic (exact) mass is 301 g/mol. The first-order valence-electron chi connectivity index (χ1n) is 7.42. The number of likely N-dealkylation sites (tertiary alicyclic amines) is 1. The molecule has 1 aliphatic heterocycles. The molecule has 0 aliphatic carbocycles. The molecule has 0 radical (unpaired) electrons. The number of fused-ring (bicyclic) bond motifs is 1. The summed E-state index contributed by atoms with van der Waals surface area (Å²) in [5, 5.41) is 8.33. The number of hydrogen-bond donors (Lipinski definition) is 1. The Balaban J connectivity index is 1.83. The number of nitrogens with zero attached hydrogens (tertiary/aromatic N) is 4. The molecule has 1 amide bonds. The molecule has 2 unspecified atom stereocenters. The van der Waals surface area contributed by atoms with E-state index < -0.39 is 0 Å². The first-order chi connectivity index (χ1) is 10.6. The van der Waals surface area contributed by atoms with Crippen LogP contribution < -0.4 is 11.3 Å². The van der Waals surface area contributed by atoms with Crippen LogP contribution in [0.5, 0.6) is 0 Å². The molecule has 2 aromatic rings. The van der Waals surface area contributed by atoms with Gasteiger partial charge in [0.1, 0.15) is 12.1 Å². The standard InChI is InChI=1S/C15H19N5O2/c1-10-6-11(7-16)8-19(10)14(21)9-20-15(22)12-4-2-3-5-13(12)17-18-20/h2-5,10-11H,6-9,16H2,1H3. The van der Waals surface area contributed by atoms with Gasteiger partial charge in [-0.15, -0.1) is 5.10 Å². The normalized spacial score (nSPS) is 21.5. The molecule has 0 saturated carbocycles. The van der Waals surface area contributed by atoms with E-state index in [4.69, 9.17) is 5.73 Å². The van der Waals surface area contributed by atoms with Crippen LogP contribution in [0.4, 0.5) is 0 Å². The molecule has 2 heterocycles. The van der Waals surface area contributed by atoms with Crippen molar-refractivity contribution >= 4 is 16.8 Å². The SMILES string of the molecule is CC1CC(CN)CN1C(=O)Cn1nnc2ccccc2c1=O. The quantitative estimate of drug-likeness (QED) is 0.860. The van der Waals surface area contributed by atoms with E-state index in [1.54, 1.807) is 29.2 Å². The summed E-state index contributed by atoms with van der Waals surface area (Å²) in [7, 11) is 0. The first kappa shape index (κ1) is 14.6. The number of carbonyl (C=O) groups is 1. The van der Waals surface area contributed by atoms with Crippen LogP contribution in [0.25, 0.3) is 10.9 Å². The van der Waals surface area contributed by atoms with E-state index in [2.05, 4.69) is 10.3 Å². The molecule has 7 nitrogen and oxygen atoms in total. The number of carbonyl (C=O) groups excluding carboxylic acids is 1. The van der Waals surface area contributed by atoms with Crippen molar-refractivity contribution in [3.63, 3.8) is 0 Å². The average molecular weight is 301 g/mol. The number of aromatic nitrogens is 3. The molecule has 0 spiro atoms. The predicted molar refractivity (Wildman–Crippen MR) is 82.1 cm³/mol. The molecule has 116 valence electrons. The summed E-state index contributed by atoms with van der Waals surface area (Å²) < 4.78 is 1.13. The fourth-order valence-corrected chi connectivity index (χ4v) is 3.01. The summed E-state index contributed by atoms with van der Waals surface area (Å²) >= 11 is 0. The molecular formula is C15H19N5O2. The molecule has 3 rings (SSSR count). The fourth-order valence-electron chi connectivity index (χ4n) is 3.01. The minimum Gasteiger partial charge on any atom is -0.338 e. The highest BCUT2D eigenvalue weighted by atomic mass is 16.2. The van der Waals surface area contributed by atoms with E-state index in [9.17, 15) is 9.59 Å². The summed E-state index contributed by atoms with van der Waals surface area (Å²) in [5.41, 5.74) is 5.93. The third-order valence-electron chi connectivity index (χ3n) is 4.23. The molecule has 1 aromatic carbocycles. The van der Waals surface area contributed by atoms with Crippen molar-refractivity contribution in [2.45, 2.75) is 25.9 Å². The van der Waals surface area contributed by atoms with Crippen molar-refractivity contribution in [2.75, 3.05) is 13.1 Å². The highest BCUT2D eigenvalue weighted by Crippen LogP contribution is 2.22. The van der Waals surface area contributed by atoms with E-state index in [1.807, 2.05) is 6.92 Å². The minimum absolute atomic E-state index is 0.0850. The molecule has 2 N–H and O–H groups in total. The number of amides is 1. The molecular weight excluding hydrogens is 282 g/mol. The van der Waals surface area contributed by atoms with Gasteiger partial charge in [0.2, 0.25) is 5.91 Å². The van der Waals surface area contributed by atoms with Crippen LogP contribution in [0.3, 0.4) is 0 Å². The van der Waals surface area contributed by atoms with Gasteiger partial charge in [-0.25, -0.2) is 4.68 Å². The maximum atomic E-state index is 12.4. The molecule has 1 aliphatic rings. The maximum Gasteiger partial charge on any atom is 0.278 e. The van der Waals surface area contributed by atoms with Crippen molar-refractivity contribution in [2.24, 2.45) is 11.7 Å². The van der Waals surface area contributed by atoms with E-state index in [0.29, 0.717) is 29.9 Å². The van der Waals surface area contributed by atoms with Gasteiger partial charge in [-0.3, -0.25) is 9.59 Å². The molecule has 22 heavy (non-hydrogen) atoms. The third kappa shape index (κ3) is 2.59. The fraction of sp³-hybridized carbons (Fsp3) is 0.467. The first-order valence-corrected chi connectivity index (χ1v) is 7.42. The Bertz CT molecular complexity index is 757. The van der Waals surface area contributed by atoms with E-state index in [-0.39, 0.29) is 24.1 Å². The van der Waals surface area contributed by atoms with Crippen molar-refractivity contribution in [1.82, 2.24) is 19.9 Å². The lowest BCUT2D eigenvalue weighted by Crippen LogP contribution is -2.39. The molecule has 7 heteroatoms. The van der Waals surface area contributed by atoms with Crippen LogP contribution in [-0.4, -0.2) is 44.9 Å². The summed E-state index contributed by atoms with van der Waals surface area (Å²) in [6.07, 6.45) is 0.903. The third-order valence-corrected chi connectivity index (χ3v) is 4.23. The van der Waals surface area contributed by atoms with Crippen LogP contribution >= 0.6 is 0 Å². The smallest absolute Gasteiger partial charge is 0.278 e. The Morgan fingerprint density at radius 1 is 1.41 bits per heavy atom. The zero-order chi connectivity index (χ0) is 15.7. The van der Waals surface area contributed by atoms with Gasteiger partial charge in [0.05, 0.1) is 5.39 Å². The second kappa shape index (κ2) is 5.84. The lowest BCUT2D eigenvalue weighted by Gasteiger charge is -2.21. The Morgan fingerprint density at radius 2 is 2.18 bits per heavy atom. The molecule has 1 fully saturated rings. The predicted octanol–water partition coefficient (Wildman–Crippen LogP) is -0.0128. The van der Waals surface area contributed by atoms with Crippen molar-refractivity contribution in [3.05, 3.63) is 34.6 Å². The van der Waals surface area contributed by atoms with Gasteiger partial charge in [0.15, 0.2) is 0 Å². The van der Waals surface area contributed by atoms with Gasteiger partial charge in [-0.2, -0.15) is 0 Å². The Kier molecular flexibility index (Phi) is 3.89. The molecule has 1 saturated heterocycles. The van der Waals surface area contributed by atoms with Gasteiger partial charge in [0.25, 0.3) is 5.56 Å². The van der Waals surface area contributed by atoms with Crippen LogP contribution in [0.2, 0.25) is 0 Å². The number of rotatable bonds is 3. The number of nitrogens with two attached hydrogens (primary N) is 1. The van der Waals surface area contributed by atoms with Gasteiger partial charge in [-0.1, -0.05) is 17.3 Å². The lowest BCUT2D eigenvalue weighted by atomic mass is 10.1. The molecule has 2 atom stereocenters. The summed E-state index contributed by atoms with van der Waals surface area (Å²) in [6, 6.07) is 7.13. The number of benzene rings is 1. The van der Waals surface area contributed by atoms with Crippen molar-refractivity contribution < 1.29 is 4.79 Å². The number of hydrogen-bond acceptors (Lipinski definition) is 5. The van der Waals surface area contributed by atoms with Gasteiger partial charge < -0.3 is 10.6 Å². The Labute approximate surface area is 127 Å². The zero-order valence-electron chi connectivity index (χ0n) is 12.5. The van der Waals surface area contributed by atoms with E-state index >= 15 is 0 Å². The minimum atomic E-state index is -0.291. The lowest BCUT2D eigenvalue weighted by molar-refractivity contribution is -0.132. The van der Waals surface area contributed by atoms with Crippen LogP contribution in [0.15, 0.2) is 29.1 Å². The summed E-state index contributed by atoms with van der Waals surface area (Å²) in [6.45, 7) is 3.14. The van der Waals surface area contributed by atoms with E-state index in [1.165, 1.54) is 0 Å². The Hall–Kier alpha value is -2.28. The average Bonchev–Trinajstić information content (AvgIpc) is 2.91. The highest BCUT2D eigenvalue weighted by Gasteiger charge is 2.31. The van der Waals surface area contributed by atoms with Crippen molar-refractivity contribution in [3.8, 4) is 0 Å². The van der Waals surface area contributed by atoms with Crippen LogP contribution in [0.1, 0.15) is 13.3 Å². The van der Waals surface area contributed by atoms with Gasteiger partial charge in [-0.05, 0) is 37.9 Å².